The molecule has 0 aliphatic heterocycles. The van der Waals surface area contributed by atoms with Crippen molar-refractivity contribution in [2.24, 2.45) is 0 Å². The number of benzene rings is 1. The van der Waals surface area contributed by atoms with Gasteiger partial charge < -0.3 is 14.6 Å². The van der Waals surface area contributed by atoms with Crippen molar-refractivity contribution in [1.82, 2.24) is 4.90 Å². The largest absolute Gasteiger partial charge is 0.444 e. The van der Waals surface area contributed by atoms with E-state index in [2.05, 4.69) is 37.2 Å². The normalized spacial score (nSPS) is 10.6. The monoisotopic (exact) mass is 496 g/mol. The van der Waals surface area contributed by atoms with Crippen LogP contribution in [0.5, 0.6) is 0 Å². The Morgan fingerprint density at radius 2 is 1.96 bits per heavy atom. The minimum absolute atomic E-state index is 0.119. The van der Waals surface area contributed by atoms with Crippen LogP contribution in [0.15, 0.2) is 61.4 Å². The molecule has 2 amide bonds. The van der Waals surface area contributed by atoms with Crippen LogP contribution < -0.4 is 5.32 Å². The van der Waals surface area contributed by atoms with E-state index in [0.717, 1.165) is 8.66 Å². The number of carbonyl (C=O) groups excluding carboxylic acids is 2. The Morgan fingerprint density at radius 3 is 2.62 bits per heavy atom. The van der Waals surface area contributed by atoms with Gasteiger partial charge in [-0.1, -0.05) is 6.07 Å². The molecule has 134 valence electrons. The van der Waals surface area contributed by atoms with Crippen LogP contribution >= 0.6 is 43.2 Å². The molecule has 0 unspecified atom stereocenters. The number of nitrogens with one attached hydrogen (secondary N) is 1. The van der Waals surface area contributed by atoms with Gasteiger partial charge in [-0.3, -0.25) is 9.59 Å². The van der Waals surface area contributed by atoms with E-state index >= 15 is 0 Å². The summed E-state index contributed by atoms with van der Waals surface area (Å²) in [5.41, 5.74) is 1.03. The number of rotatable bonds is 5. The van der Waals surface area contributed by atoms with Crippen LogP contribution in [0.3, 0.4) is 0 Å². The Kier molecular flexibility index (Phi) is 5.95. The third kappa shape index (κ3) is 4.63. The molecule has 1 N–H and O–H groups in total. The van der Waals surface area contributed by atoms with Gasteiger partial charge in [-0.15, -0.1) is 11.3 Å². The maximum Gasteiger partial charge on any atom is 0.291 e. The standard InChI is InChI=1S/C18H14Br2N2O3S/c1-22(10-13-5-8-16(20)26-13)18(24)11-3-2-4-12(9-11)21-17(23)14-6-7-15(19)25-14/h2-9H,10H2,1H3,(H,21,23). The van der Waals surface area contributed by atoms with Crippen LogP contribution in [0.2, 0.25) is 0 Å². The van der Waals surface area contributed by atoms with Gasteiger partial charge >= 0.3 is 0 Å². The SMILES string of the molecule is CN(Cc1ccc(Br)s1)C(=O)c1cccc(NC(=O)c2ccc(Br)o2)c1. The molecule has 5 nitrogen and oxygen atoms in total. The first-order valence-corrected chi connectivity index (χ1v) is 9.99. The quantitative estimate of drug-likeness (QED) is 0.514. The summed E-state index contributed by atoms with van der Waals surface area (Å²) in [6, 6.07) is 14.0. The highest BCUT2D eigenvalue weighted by Crippen LogP contribution is 2.24. The van der Waals surface area contributed by atoms with Gasteiger partial charge in [0.05, 0.1) is 10.3 Å². The molecular weight excluding hydrogens is 484 g/mol. The van der Waals surface area contributed by atoms with E-state index in [0.29, 0.717) is 22.5 Å². The molecule has 0 spiro atoms. The average molecular weight is 498 g/mol. The second kappa shape index (κ2) is 8.20. The zero-order valence-electron chi connectivity index (χ0n) is 13.7. The van der Waals surface area contributed by atoms with Crippen molar-refractivity contribution in [3.63, 3.8) is 0 Å². The van der Waals surface area contributed by atoms with Gasteiger partial charge in [0, 0.05) is 23.2 Å². The number of nitrogens with zero attached hydrogens (tertiary/aromatic N) is 1. The van der Waals surface area contributed by atoms with Crippen molar-refractivity contribution in [1.29, 1.82) is 0 Å². The Morgan fingerprint density at radius 1 is 1.15 bits per heavy atom. The Bertz CT molecular complexity index is 951. The predicted molar refractivity (Wildman–Crippen MR) is 109 cm³/mol. The van der Waals surface area contributed by atoms with E-state index in [4.69, 9.17) is 4.42 Å². The van der Waals surface area contributed by atoms with E-state index in [1.165, 1.54) is 0 Å². The lowest BCUT2D eigenvalue weighted by Crippen LogP contribution is -2.25. The van der Waals surface area contributed by atoms with Gasteiger partial charge in [-0.2, -0.15) is 0 Å². The van der Waals surface area contributed by atoms with Crippen molar-refractivity contribution >= 4 is 60.7 Å². The summed E-state index contributed by atoms with van der Waals surface area (Å²) < 4.78 is 6.74. The second-order valence-corrected chi connectivity index (χ2v) is 8.83. The van der Waals surface area contributed by atoms with Crippen molar-refractivity contribution in [3.8, 4) is 0 Å². The highest BCUT2D eigenvalue weighted by molar-refractivity contribution is 9.11. The molecule has 1 aromatic carbocycles. The molecule has 2 heterocycles. The minimum Gasteiger partial charge on any atom is -0.444 e. The number of thiophene rings is 1. The van der Waals surface area contributed by atoms with E-state index in [1.807, 2.05) is 12.1 Å². The number of halogens is 2. The number of anilines is 1. The molecule has 0 saturated carbocycles. The van der Waals surface area contributed by atoms with E-state index in [-0.39, 0.29) is 17.6 Å². The summed E-state index contributed by atoms with van der Waals surface area (Å²) in [5.74, 6) is -0.308. The zero-order valence-corrected chi connectivity index (χ0v) is 17.7. The fourth-order valence-electron chi connectivity index (χ4n) is 2.32. The minimum atomic E-state index is -0.378. The lowest BCUT2D eigenvalue weighted by atomic mass is 10.1. The van der Waals surface area contributed by atoms with Crippen LogP contribution in [0.1, 0.15) is 25.8 Å². The van der Waals surface area contributed by atoms with Crippen molar-refractivity contribution in [2.75, 3.05) is 12.4 Å². The second-order valence-electron chi connectivity index (χ2n) is 5.51. The van der Waals surface area contributed by atoms with Crippen LogP contribution in [0.25, 0.3) is 0 Å². The fourth-order valence-corrected chi connectivity index (χ4v) is 4.16. The Hall–Kier alpha value is -1.90. The topological polar surface area (TPSA) is 62.6 Å². The molecule has 0 aliphatic carbocycles. The first-order valence-electron chi connectivity index (χ1n) is 7.59. The van der Waals surface area contributed by atoms with Gasteiger partial charge in [-0.25, -0.2) is 0 Å². The number of amides is 2. The summed E-state index contributed by atoms with van der Waals surface area (Å²) >= 11 is 8.17. The van der Waals surface area contributed by atoms with Gasteiger partial charge in [0.25, 0.3) is 11.8 Å². The fraction of sp³-hybridized carbons (Fsp3) is 0.111. The van der Waals surface area contributed by atoms with Crippen molar-refractivity contribution < 1.29 is 14.0 Å². The number of hydrogen-bond donors (Lipinski definition) is 1. The summed E-state index contributed by atoms with van der Waals surface area (Å²) in [4.78, 5) is 27.5. The predicted octanol–water partition coefficient (Wildman–Crippen LogP) is 5.39. The Balaban J connectivity index is 1.69. The van der Waals surface area contributed by atoms with Crippen LogP contribution in [-0.4, -0.2) is 23.8 Å². The summed E-state index contributed by atoms with van der Waals surface area (Å²) in [6.45, 7) is 0.520. The van der Waals surface area contributed by atoms with Crippen LogP contribution in [0, 0.1) is 0 Å². The van der Waals surface area contributed by atoms with Gasteiger partial charge in [-0.05, 0) is 74.3 Å². The molecule has 0 aliphatic rings. The first-order chi connectivity index (χ1) is 12.4. The molecule has 0 saturated heterocycles. The van der Waals surface area contributed by atoms with E-state index < -0.39 is 0 Å². The maximum atomic E-state index is 12.6. The molecule has 0 radical (unpaired) electrons. The van der Waals surface area contributed by atoms with Gasteiger partial charge in [0.1, 0.15) is 0 Å². The third-order valence-corrected chi connectivity index (χ3v) is 5.57. The number of furan rings is 1. The maximum absolute atomic E-state index is 12.6. The van der Waals surface area contributed by atoms with Crippen molar-refractivity contribution in [3.05, 3.63) is 73.2 Å². The summed E-state index contributed by atoms with van der Waals surface area (Å²) in [7, 11) is 1.75. The molecule has 2 aromatic heterocycles. The van der Waals surface area contributed by atoms with E-state index in [1.54, 1.807) is 59.7 Å². The zero-order chi connectivity index (χ0) is 18.7. The smallest absolute Gasteiger partial charge is 0.291 e. The molecule has 0 atom stereocenters. The Labute approximate surface area is 171 Å². The molecule has 0 fully saturated rings. The summed E-state index contributed by atoms with van der Waals surface area (Å²) in [5, 5.41) is 2.73. The van der Waals surface area contributed by atoms with E-state index in [9.17, 15) is 9.59 Å². The number of hydrogen-bond acceptors (Lipinski definition) is 4. The van der Waals surface area contributed by atoms with Crippen LogP contribution in [0.4, 0.5) is 5.69 Å². The van der Waals surface area contributed by atoms with Gasteiger partial charge in [0.15, 0.2) is 10.4 Å². The highest BCUT2D eigenvalue weighted by atomic mass is 79.9. The average Bonchev–Trinajstić information content (AvgIpc) is 3.22. The number of carbonyl (C=O) groups is 2. The van der Waals surface area contributed by atoms with Gasteiger partial charge in [0.2, 0.25) is 0 Å². The molecule has 3 rings (SSSR count). The lowest BCUT2D eigenvalue weighted by molar-refractivity contribution is 0.0786. The first kappa shape index (κ1) is 18.9. The van der Waals surface area contributed by atoms with Crippen LogP contribution in [-0.2, 0) is 6.54 Å². The van der Waals surface area contributed by atoms with Crippen molar-refractivity contribution in [2.45, 2.75) is 6.54 Å². The summed E-state index contributed by atoms with van der Waals surface area (Å²) in [6.07, 6.45) is 0. The molecule has 0 bridgehead atoms. The molecule has 26 heavy (non-hydrogen) atoms. The third-order valence-electron chi connectivity index (χ3n) is 3.53. The molecular formula is C18H14Br2N2O3S. The lowest BCUT2D eigenvalue weighted by Gasteiger charge is -2.16. The molecule has 3 aromatic rings. The molecule has 8 heteroatoms. The highest BCUT2D eigenvalue weighted by Gasteiger charge is 2.15.